The monoisotopic (exact) mass is 416 g/mol. The summed E-state index contributed by atoms with van der Waals surface area (Å²) in [5, 5.41) is 0. The average Bonchev–Trinajstić information content (AvgIpc) is 3.30. The molecule has 2 aliphatic carbocycles. The maximum absolute atomic E-state index is 13.3. The highest BCUT2D eigenvalue weighted by Gasteiger charge is 2.66. The molecule has 1 aromatic rings. The zero-order valence-corrected chi connectivity index (χ0v) is 17.8. The van der Waals surface area contributed by atoms with E-state index in [1.807, 2.05) is 19.1 Å². The lowest BCUT2D eigenvalue weighted by atomic mass is 9.46. The maximum Gasteiger partial charge on any atom is 0.334 e. The van der Waals surface area contributed by atoms with Gasteiger partial charge in [0.2, 0.25) is 0 Å². The molecule has 4 atom stereocenters. The van der Waals surface area contributed by atoms with Crippen molar-refractivity contribution in [3.05, 3.63) is 48.0 Å². The molecular formula is C23H28O7. The Balaban J connectivity index is 2.17. The Kier molecular flexibility index (Phi) is 6.19. The van der Waals surface area contributed by atoms with Gasteiger partial charge in [0.15, 0.2) is 0 Å². The summed E-state index contributed by atoms with van der Waals surface area (Å²) < 4.78 is 20.6. The Labute approximate surface area is 176 Å². The third-order valence-electron chi connectivity index (χ3n) is 6.91. The highest BCUT2D eigenvalue weighted by molar-refractivity contribution is 6.00. The number of carbonyl (C=O) groups excluding carboxylic acids is 3. The van der Waals surface area contributed by atoms with E-state index < -0.39 is 34.7 Å². The second kappa shape index (κ2) is 8.50. The first-order valence-electron chi connectivity index (χ1n) is 10.0. The van der Waals surface area contributed by atoms with Gasteiger partial charge in [0.25, 0.3) is 0 Å². The second-order valence-corrected chi connectivity index (χ2v) is 8.00. The van der Waals surface area contributed by atoms with Crippen molar-refractivity contribution in [2.24, 2.45) is 22.7 Å². The van der Waals surface area contributed by atoms with Gasteiger partial charge < -0.3 is 18.6 Å². The van der Waals surface area contributed by atoms with Crippen LogP contribution in [0.2, 0.25) is 0 Å². The van der Waals surface area contributed by atoms with E-state index in [1.165, 1.54) is 21.3 Å². The number of fused-ring (bicyclic) bond motifs is 1. The van der Waals surface area contributed by atoms with E-state index in [9.17, 15) is 14.4 Å². The molecule has 3 rings (SSSR count). The molecule has 1 fully saturated rings. The zero-order chi connectivity index (χ0) is 21.9. The molecule has 30 heavy (non-hydrogen) atoms. The molecule has 2 aliphatic rings. The summed E-state index contributed by atoms with van der Waals surface area (Å²) in [6.45, 7) is 2.00. The van der Waals surface area contributed by atoms with Gasteiger partial charge >= 0.3 is 17.9 Å². The minimum absolute atomic E-state index is 0.0821. The van der Waals surface area contributed by atoms with Crippen molar-refractivity contribution < 1.29 is 33.0 Å². The zero-order valence-electron chi connectivity index (χ0n) is 17.8. The van der Waals surface area contributed by atoms with Gasteiger partial charge in [-0.25, -0.2) is 4.79 Å². The number of methoxy groups -OCH3 is 3. The van der Waals surface area contributed by atoms with Crippen LogP contribution in [0.15, 0.2) is 46.8 Å². The first-order valence-corrected chi connectivity index (χ1v) is 10.0. The molecule has 0 aromatic carbocycles. The van der Waals surface area contributed by atoms with Crippen molar-refractivity contribution in [3.63, 3.8) is 0 Å². The molecule has 1 aromatic heterocycles. The molecule has 162 valence electrons. The number of hydrogen-bond donors (Lipinski definition) is 0. The van der Waals surface area contributed by atoms with Gasteiger partial charge in [-0.15, -0.1) is 0 Å². The summed E-state index contributed by atoms with van der Waals surface area (Å²) in [5.41, 5.74) is -1.17. The smallest absolute Gasteiger partial charge is 0.334 e. The first-order chi connectivity index (χ1) is 14.4. The molecule has 0 radical (unpaired) electrons. The van der Waals surface area contributed by atoms with Crippen LogP contribution >= 0.6 is 0 Å². The van der Waals surface area contributed by atoms with E-state index in [-0.39, 0.29) is 11.5 Å². The molecule has 0 amide bonds. The lowest BCUT2D eigenvalue weighted by Crippen LogP contribution is -2.59. The van der Waals surface area contributed by atoms with Crippen LogP contribution in [0.5, 0.6) is 0 Å². The summed E-state index contributed by atoms with van der Waals surface area (Å²) in [7, 11) is 3.93. The van der Waals surface area contributed by atoms with E-state index in [1.54, 1.807) is 24.7 Å². The van der Waals surface area contributed by atoms with E-state index in [0.717, 1.165) is 5.56 Å². The topological polar surface area (TPSA) is 92.0 Å². The fourth-order valence-corrected chi connectivity index (χ4v) is 5.34. The van der Waals surface area contributed by atoms with Crippen molar-refractivity contribution in [2.75, 3.05) is 21.3 Å². The van der Waals surface area contributed by atoms with Gasteiger partial charge in [-0.3, -0.25) is 9.59 Å². The minimum Gasteiger partial charge on any atom is -0.472 e. The van der Waals surface area contributed by atoms with Gasteiger partial charge in [-0.1, -0.05) is 25.2 Å². The fraction of sp³-hybridized carbons (Fsp3) is 0.522. The largest absolute Gasteiger partial charge is 0.472 e. The average molecular weight is 416 g/mol. The van der Waals surface area contributed by atoms with Crippen LogP contribution in [0.4, 0.5) is 0 Å². The van der Waals surface area contributed by atoms with E-state index in [2.05, 4.69) is 0 Å². The quantitative estimate of drug-likeness (QED) is 0.519. The summed E-state index contributed by atoms with van der Waals surface area (Å²) in [4.78, 5) is 39.2. The molecule has 0 N–H and O–H groups in total. The van der Waals surface area contributed by atoms with Gasteiger partial charge in [-0.2, -0.15) is 0 Å². The molecule has 4 unspecified atom stereocenters. The number of ether oxygens (including phenoxy) is 3. The number of hydrogen-bond acceptors (Lipinski definition) is 7. The van der Waals surface area contributed by atoms with Crippen molar-refractivity contribution in [2.45, 2.75) is 32.6 Å². The normalized spacial score (nSPS) is 30.1. The molecular weight excluding hydrogens is 388 g/mol. The molecule has 7 nitrogen and oxygen atoms in total. The molecule has 0 aliphatic heterocycles. The lowest BCUT2D eigenvalue weighted by molar-refractivity contribution is -0.179. The lowest BCUT2D eigenvalue weighted by Gasteiger charge is -2.54. The molecule has 1 heterocycles. The minimum atomic E-state index is -1.31. The number of rotatable bonds is 6. The van der Waals surface area contributed by atoms with Gasteiger partial charge in [0.1, 0.15) is 5.41 Å². The van der Waals surface area contributed by atoms with Gasteiger partial charge in [0.05, 0.1) is 44.8 Å². The summed E-state index contributed by atoms with van der Waals surface area (Å²) >= 11 is 0. The van der Waals surface area contributed by atoms with Crippen LogP contribution in [-0.2, 0) is 35.0 Å². The number of carbonyl (C=O) groups is 3. The van der Waals surface area contributed by atoms with Crippen molar-refractivity contribution in [3.8, 4) is 0 Å². The predicted molar refractivity (Wildman–Crippen MR) is 107 cm³/mol. The van der Waals surface area contributed by atoms with Crippen LogP contribution in [0.3, 0.4) is 0 Å². The van der Waals surface area contributed by atoms with Gasteiger partial charge in [0, 0.05) is 5.92 Å². The van der Waals surface area contributed by atoms with Crippen LogP contribution in [0.1, 0.15) is 31.7 Å². The Morgan fingerprint density at radius 2 is 1.87 bits per heavy atom. The van der Waals surface area contributed by atoms with Crippen molar-refractivity contribution >= 4 is 17.9 Å². The van der Waals surface area contributed by atoms with Crippen LogP contribution < -0.4 is 0 Å². The highest BCUT2D eigenvalue weighted by atomic mass is 16.5. The SMILES string of the molecule is COC(=O)C1=CC=CC2C1(C(=O)OC)CCC(C)C2(CCc1ccoc1)C(=O)OC. The number of aryl methyl sites for hydroxylation is 1. The van der Waals surface area contributed by atoms with Gasteiger partial charge in [-0.05, 0) is 43.2 Å². The Bertz CT molecular complexity index is 866. The van der Waals surface area contributed by atoms with Crippen LogP contribution in [-0.4, -0.2) is 39.2 Å². The Hall–Kier alpha value is -2.83. The Morgan fingerprint density at radius 3 is 2.47 bits per heavy atom. The summed E-state index contributed by atoms with van der Waals surface area (Å²) in [5.74, 6) is -2.23. The van der Waals surface area contributed by atoms with E-state index in [0.29, 0.717) is 25.7 Å². The third-order valence-corrected chi connectivity index (χ3v) is 6.91. The predicted octanol–water partition coefficient (Wildman–Crippen LogP) is 3.25. The summed E-state index contributed by atoms with van der Waals surface area (Å²) in [6.07, 6.45) is 10.3. The Morgan fingerprint density at radius 1 is 1.13 bits per heavy atom. The molecule has 0 saturated heterocycles. The van der Waals surface area contributed by atoms with Crippen molar-refractivity contribution in [1.82, 2.24) is 0 Å². The fourth-order valence-electron chi connectivity index (χ4n) is 5.34. The molecule has 0 spiro atoms. The second-order valence-electron chi connectivity index (χ2n) is 8.00. The maximum atomic E-state index is 13.3. The number of furan rings is 1. The standard InChI is InChI=1S/C23H28O7/c1-15-8-11-23(21(26)29-4)17(19(24)27-2)6-5-7-18(23)22(15,20(25)28-3)12-9-16-10-13-30-14-16/h5-7,10,13-15,18H,8-9,11-12H2,1-4H3. The third kappa shape index (κ3) is 3.16. The molecule has 0 bridgehead atoms. The number of esters is 3. The van der Waals surface area contributed by atoms with Crippen LogP contribution in [0, 0.1) is 22.7 Å². The van der Waals surface area contributed by atoms with E-state index >= 15 is 0 Å². The molecule has 7 heteroatoms. The first kappa shape index (κ1) is 21.9. The highest BCUT2D eigenvalue weighted by Crippen LogP contribution is 2.61. The summed E-state index contributed by atoms with van der Waals surface area (Å²) in [6, 6.07) is 1.85. The van der Waals surface area contributed by atoms with E-state index in [4.69, 9.17) is 18.6 Å². The van der Waals surface area contributed by atoms with Crippen LogP contribution in [0.25, 0.3) is 0 Å². The van der Waals surface area contributed by atoms with Crippen molar-refractivity contribution in [1.29, 1.82) is 0 Å². The molecule has 1 saturated carbocycles. The number of allylic oxidation sites excluding steroid dienone is 3.